The molecule has 1 aromatic heterocycles. The number of benzene rings is 2. The fourth-order valence-electron chi connectivity index (χ4n) is 2.41. The summed E-state index contributed by atoms with van der Waals surface area (Å²) < 4.78 is 5.29. The normalized spacial score (nSPS) is 10.7. The quantitative estimate of drug-likeness (QED) is 0.659. The molecule has 0 radical (unpaired) electrons. The highest BCUT2D eigenvalue weighted by molar-refractivity contribution is 6.34. The number of methoxy groups -OCH3 is 1. The van der Waals surface area contributed by atoms with E-state index in [1.165, 1.54) is 0 Å². The largest absolute Gasteiger partial charge is 0.497 e. The van der Waals surface area contributed by atoms with Crippen LogP contribution in [0.3, 0.4) is 0 Å². The van der Waals surface area contributed by atoms with E-state index in [1.807, 2.05) is 50.5 Å². The minimum absolute atomic E-state index is 0.505. The van der Waals surface area contributed by atoms with Crippen molar-refractivity contribution in [2.75, 3.05) is 26.1 Å². The topological polar surface area (TPSA) is 25.4 Å². The average Bonchev–Trinajstić information content (AvgIpc) is 2.54. The molecule has 2 aromatic carbocycles. The van der Waals surface area contributed by atoms with Gasteiger partial charge in [0.2, 0.25) is 0 Å². The van der Waals surface area contributed by atoms with E-state index in [0.29, 0.717) is 5.15 Å². The van der Waals surface area contributed by atoms with Crippen molar-refractivity contribution >= 4 is 28.1 Å². The first-order chi connectivity index (χ1) is 10.6. The van der Waals surface area contributed by atoms with Gasteiger partial charge in [-0.1, -0.05) is 23.7 Å². The summed E-state index contributed by atoms with van der Waals surface area (Å²) in [7, 11) is 5.70. The van der Waals surface area contributed by atoms with E-state index in [1.54, 1.807) is 7.11 Å². The van der Waals surface area contributed by atoms with Gasteiger partial charge in [-0.25, -0.2) is 4.98 Å². The second kappa shape index (κ2) is 5.85. The molecule has 0 aliphatic heterocycles. The summed E-state index contributed by atoms with van der Waals surface area (Å²) in [5.74, 6) is 0.808. The van der Waals surface area contributed by atoms with Gasteiger partial charge in [0, 0.05) is 30.7 Å². The van der Waals surface area contributed by atoms with Crippen LogP contribution in [0.4, 0.5) is 5.69 Å². The Balaban J connectivity index is 2.16. The van der Waals surface area contributed by atoms with E-state index in [9.17, 15) is 0 Å². The van der Waals surface area contributed by atoms with Crippen LogP contribution >= 0.6 is 11.6 Å². The lowest BCUT2D eigenvalue weighted by atomic mass is 10.1. The fourth-order valence-corrected chi connectivity index (χ4v) is 2.68. The predicted molar refractivity (Wildman–Crippen MR) is 93.1 cm³/mol. The molecule has 3 rings (SSSR count). The molecule has 1 heterocycles. The van der Waals surface area contributed by atoms with E-state index >= 15 is 0 Å². The number of rotatable bonds is 3. The lowest BCUT2D eigenvalue weighted by Gasteiger charge is -2.14. The molecular weight excluding hydrogens is 296 g/mol. The molecule has 0 N–H and O–H groups in total. The summed E-state index contributed by atoms with van der Waals surface area (Å²) >= 11 is 6.35. The van der Waals surface area contributed by atoms with Gasteiger partial charge in [0.05, 0.1) is 12.8 Å². The minimum Gasteiger partial charge on any atom is -0.497 e. The van der Waals surface area contributed by atoms with Crippen LogP contribution in [0.5, 0.6) is 5.75 Å². The first-order valence-corrected chi connectivity index (χ1v) is 7.38. The van der Waals surface area contributed by atoms with Gasteiger partial charge in [-0.3, -0.25) is 0 Å². The number of aromatic nitrogens is 1. The molecule has 0 atom stereocenters. The van der Waals surface area contributed by atoms with Crippen molar-refractivity contribution in [1.29, 1.82) is 0 Å². The third-order valence-corrected chi connectivity index (χ3v) is 3.94. The van der Waals surface area contributed by atoms with Crippen LogP contribution in [0.2, 0.25) is 5.15 Å². The van der Waals surface area contributed by atoms with Gasteiger partial charge >= 0.3 is 0 Å². The minimum atomic E-state index is 0.505. The highest BCUT2D eigenvalue weighted by atomic mass is 35.5. The molecule has 0 bridgehead atoms. The Morgan fingerprint density at radius 1 is 1.05 bits per heavy atom. The van der Waals surface area contributed by atoms with Gasteiger partial charge in [-0.05, 0) is 41.8 Å². The zero-order valence-electron chi connectivity index (χ0n) is 12.8. The van der Waals surface area contributed by atoms with Crippen molar-refractivity contribution in [2.24, 2.45) is 0 Å². The molecule has 0 aliphatic carbocycles. The molecule has 0 saturated heterocycles. The van der Waals surface area contributed by atoms with Crippen LogP contribution in [0.25, 0.3) is 22.0 Å². The van der Waals surface area contributed by atoms with Crippen LogP contribution in [-0.4, -0.2) is 26.2 Å². The van der Waals surface area contributed by atoms with Crippen LogP contribution in [-0.2, 0) is 0 Å². The number of hydrogen-bond donors (Lipinski definition) is 0. The third kappa shape index (κ3) is 2.72. The van der Waals surface area contributed by atoms with E-state index in [-0.39, 0.29) is 0 Å². The number of ether oxygens (including phenoxy) is 1. The molecule has 0 spiro atoms. The van der Waals surface area contributed by atoms with Gasteiger partial charge in [-0.2, -0.15) is 0 Å². The monoisotopic (exact) mass is 312 g/mol. The van der Waals surface area contributed by atoms with E-state index in [4.69, 9.17) is 16.3 Å². The smallest absolute Gasteiger partial charge is 0.137 e. The lowest BCUT2D eigenvalue weighted by molar-refractivity contribution is 0.415. The first kappa shape index (κ1) is 14.7. The number of hydrogen-bond acceptors (Lipinski definition) is 3. The van der Waals surface area contributed by atoms with E-state index < -0.39 is 0 Å². The van der Waals surface area contributed by atoms with Crippen molar-refractivity contribution in [3.05, 3.63) is 53.7 Å². The van der Waals surface area contributed by atoms with Gasteiger partial charge in [0.25, 0.3) is 0 Å². The number of pyridine rings is 1. The molecule has 112 valence electrons. The fraction of sp³-hybridized carbons (Fsp3) is 0.167. The van der Waals surface area contributed by atoms with Gasteiger partial charge in [0.15, 0.2) is 0 Å². The van der Waals surface area contributed by atoms with Gasteiger partial charge < -0.3 is 9.64 Å². The molecule has 0 saturated carbocycles. The van der Waals surface area contributed by atoms with Gasteiger partial charge in [0.1, 0.15) is 10.9 Å². The summed E-state index contributed by atoms with van der Waals surface area (Å²) in [6, 6.07) is 16.1. The maximum Gasteiger partial charge on any atom is 0.137 e. The number of halogens is 1. The number of anilines is 1. The highest BCUT2D eigenvalue weighted by Crippen LogP contribution is 2.31. The molecule has 3 nitrogen and oxygen atoms in total. The Morgan fingerprint density at radius 2 is 1.86 bits per heavy atom. The Kier molecular flexibility index (Phi) is 3.90. The van der Waals surface area contributed by atoms with Crippen molar-refractivity contribution in [3.63, 3.8) is 0 Å². The number of nitrogens with zero attached hydrogens (tertiary/aromatic N) is 2. The summed E-state index contributed by atoms with van der Waals surface area (Å²) in [5, 5.41) is 2.45. The standard InChI is InChI=1S/C18H17ClN2O/c1-21(2)14-6-4-5-12(9-14)17-11-13-10-15(22-3)7-8-16(13)18(19)20-17/h4-11H,1-3H3. The zero-order valence-corrected chi connectivity index (χ0v) is 13.6. The second-order valence-electron chi connectivity index (χ2n) is 5.33. The molecule has 22 heavy (non-hydrogen) atoms. The third-order valence-electron chi connectivity index (χ3n) is 3.65. The zero-order chi connectivity index (χ0) is 15.7. The maximum absolute atomic E-state index is 6.35. The summed E-state index contributed by atoms with van der Waals surface area (Å²) in [6.45, 7) is 0. The van der Waals surface area contributed by atoms with Crippen molar-refractivity contribution in [1.82, 2.24) is 4.98 Å². The lowest BCUT2D eigenvalue weighted by Crippen LogP contribution is -2.08. The molecule has 4 heteroatoms. The molecule has 0 aliphatic rings. The average molecular weight is 313 g/mol. The molecule has 0 fully saturated rings. The van der Waals surface area contributed by atoms with Crippen molar-refractivity contribution in [3.8, 4) is 17.0 Å². The Bertz CT molecular complexity index is 830. The summed E-state index contributed by atoms with van der Waals surface area (Å²) in [4.78, 5) is 6.60. The van der Waals surface area contributed by atoms with Crippen molar-refractivity contribution in [2.45, 2.75) is 0 Å². The van der Waals surface area contributed by atoms with Crippen LogP contribution < -0.4 is 9.64 Å². The molecule has 0 unspecified atom stereocenters. The molecular formula is C18H17ClN2O. The molecule has 0 amide bonds. The predicted octanol–water partition coefficient (Wildman–Crippen LogP) is 4.63. The maximum atomic E-state index is 6.35. The Morgan fingerprint density at radius 3 is 2.59 bits per heavy atom. The van der Waals surface area contributed by atoms with Gasteiger partial charge in [-0.15, -0.1) is 0 Å². The SMILES string of the molecule is COc1ccc2c(Cl)nc(-c3cccc(N(C)C)c3)cc2c1. The Labute approximate surface area is 135 Å². The summed E-state index contributed by atoms with van der Waals surface area (Å²) in [6.07, 6.45) is 0. The molecule has 3 aromatic rings. The Hall–Kier alpha value is -2.26. The van der Waals surface area contributed by atoms with E-state index in [0.717, 1.165) is 33.5 Å². The van der Waals surface area contributed by atoms with E-state index in [2.05, 4.69) is 22.0 Å². The summed E-state index contributed by atoms with van der Waals surface area (Å²) in [5.41, 5.74) is 3.02. The van der Waals surface area contributed by atoms with Crippen LogP contribution in [0.1, 0.15) is 0 Å². The van der Waals surface area contributed by atoms with Crippen LogP contribution in [0.15, 0.2) is 48.5 Å². The second-order valence-corrected chi connectivity index (χ2v) is 5.69. The van der Waals surface area contributed by atoms with Crippen molar-refractivity contribution < 1.29 is 4.74 Å². The highest BCUT2D eigenvalue weighted by Gasteiger charge is 2.08. The van der Waals surface area contributed by atoms with Crippen LogP contribution in [0, 0.1) is 0 Å². The first-order valence-electron chi connectivity index (χ1n) is 7.00. The number of fused-ring (bicyclic) bond motifs is 1.